The van der Waals surface area contributed by atoms with Gasteiger partial charge in [-0.25, -0.2) is 18.7 Å². The SMILES string of the molecule is CN(CC(F)F)CC(C=O)Nc1cc(-c2cnc(NC(=O)C3CC(C)(O)C3)cn2)cnc1C#N. The standard InChI is InChI=1S/C22H25F2N7O3/c1-22(34)4-14(5-22)21(33)30-20-9-27-18(8-28-20)13-3-16(17(6-25)26-7-13)29-15(12-32)10-31(2)11-19(23)24/h3,7-9,12,14-15,19,29,34H,4-5,10-11H2,1-2H3,(H,28,30,33). The maximum atomic E-state index is 12.6. The number of likely N-dealkylation sites (N-methyl/N-ethyl adjacent to an activating group) is 1. The summed E-state index contributed by atoms with van der Waals surface area (Å²) in [5.41, 5.74) is 0.362. The van der Waals surface area contributed by atoms with E-state index in [1.807, 2.05) is 6.07 Å². The van der Waals surface area contributed by atoms with Crippen LogP contribution in [-0.4, -0.2) is 75.4 Å². The van der Waals surface area contributed by atoms with E-state index in [0.717, 1.165) is 0 Å². The fourth-order valence-electron chi connectivity index (χ4n) is 3.73. The Morgan fingerprint density at radius 3 is 2.62 bits per heavy atom. The van der Waals surface area contributed by atoms with Gasteiger partial charge in [0.15, 0.2) is 11.5 Å². The highest BCUT2D eigenvalue weighted by molar-refractivity contribution is 5.92. The lowest BCUT2D eigenvalue weighted by Gasteiger charge is -2.39. The molecular formula is C22H25F2N7O3. The number of amides is 1. The molecule has 0 saturated heterocycles. The van der Waals surface area contributed by atoms with Crippen molar-refractivity contribution in [2.75, 3.05) is 30.8 Å². The summed E-state index contributed by atoms with van der Waals surface area (Å²) in [6, 6.07) is 2.64. The second-order valence-electron chi connectivity index (χ2n) is 8.61. The number of pyridine rings is 1. The number of aromatic nitrogens is 3. The number of nitriles is 1. The molecule has 2 aromatic rings. The molecule has 3 N–H and O–H groups in total. The van der Waals surface area contributed by atoms with Crippen LogP contribution in [0, 0.1) is 17.2 Å². The van der Waals surface area contributed by atoms with Crippen LogP contribution >= 0.6 is 0 Å². The summed E-state index contributed by atoms with van der Waals surface area (Å²) in [5, 5.41) is 24.7. The quantitative estimate of drug-likeness (QED) is 0.439. The normalized spacial score (nSPS) is 20.4. The maximum absolute atomic E-state index is 12.6. The van der Waals surface area contributed by atoms with Gasteiger partial charge in [0, 0.05) is 24.2 Å². The fraction of sp³-hybridized carbons (Fsp3) is 0.455. The van der Waals surface area contributed by atoms with Crippen molar-refractivity contribution < 1.29 is 23.5 Å². The Hall–Kier alpha value is -3.56. The number of hydrogen-bond donors (Lipinski definition) is 3. The number of carbonyl (C=O) groups excluding carboxylic acids is 2. The second-order valence-corrected chi connectivity index (χ2v) is 8.61. The summed E-state index contributed by atoms with van der Waals surface area (Å²) >= 11 is 0. The summed E-state index contributed by atoms with van der Waals surface area (Å²) in [6.45, 7) is 1.20. The Balaban J connectivity index is 1.70. The van der Waals surface area contributed by atoms with Crippen LogP contribution in [-0.2, 0) is 9.59 Å². The van der Waals surface area contributed by atoms with Gasteiger partial charge in [0.2, 0.25) is 5.91 Å². The molecule has 1 fully saturated rings. The number of rotatable bonds is 10. The highest BCUT2D eigenvalue weighted by atomic mass is 19.3. The smallest absolute Gasteiger partial charge is 0.251 e. The molecule has 3 rings (SSSR count). The molecule has 1 unspecified atom stereocenters. The topological polar surface area (TPSA) is 144 Å². The third-order valence-electron chi connectivity index (χ3n) is 5.40. The molecule has 2 heterocycles. The maximum Gasteiger partial charge on any atom is 0.251 e. The van der Waals surface area contributed by atoms with Gasteiger partial charge in [0.25, 0.3) is 6.43 Å². The molecule has 0 radical (unpaired) electrons. The predicted molar refractivity (Wildman–Crippen MR) is 119 cm³/mol. The molecule has 1 saturated carbocycles. The molecule has 2 aromatic heterocycles. The first-order chi connectivity index (χ1) is 16.1. The van der Waals surface area contributed by atoms with Crippen LogP contribution < -0.4 is 10.6 Å². The Labute approximate surface area is 195 Å². The predicted octanol–water partition coefficient (Wildman–Crippen LogP) is 1.69. The Morgan fingerprint density at radius 2 is 2.06 bits per heavy atom. The first-order valence-electron chi connectivity index (χ1n) is 10.5. The van der Waals surface area contributed by atoms with Gasteiger partial charge in [-0.15, -0.1) is 0 Å². The second kappa shape index (κ2) is 10.6. The summed E-state index contributed by atoms with van der Waals surface area (Å²) in [6.07, 6.45) is 3.03. The van der Waals surface area contributed by atoms with Gasteiger partial charge in [0.05, 0.1) is 42.0 Å². The Bertz CT molecular complexity index is 1070. The van der Waals surface area contributed by atoms with E-state index in [1.54, 1.807) is 13.0 Å². The lowest BCUT2D eigenvalue weighted by molar-refractivity contribution is -0.133. The monoisotopic (exact) mass is 473 g/mol. The van der Waals surface area contributed by atoms with E-state index in [-0.39, 0.29) is 35.6 Å². The summed E-state index contributed by atoms with van der Waals surface area (Å²) < 4.78 is 25.1. The van der Waals surface area contributed by atoms with Crippen molar-refractivity contribution in [2.24, 2.45) is 5.92 Å². The summed E-state index contributed by atoms with van der Waals surface area (Å²) in [7, 11) is 1.47. The average Bonchev–Trinajstić information content (AvgIpc) is 2.76. The van der Waals surface area contributed by atoms with E-state index in [4.69, 9.17) is 0 Å². The van der Waals surface area contributed by atoms with Crippen molar-refractivity contribution >= 4 is 23.7 Å². The number of carbonyl (C=O) groups is 2. The first-order valence-corrected chi connectivity index (χ1v) is 10.5. The van der Waals surface area contributed by atoms with Gasteiger partial charge < -0.3 is 20.5 Å². The van der Waals surface area contributed by atoms with Crippen LogP contribution in [0.25, 0.3) is 11.3 Å². The van der Waals surface area contributed by atoms with Crippen LogP contribution in [0.1, 0.15) is 25.5 Å². The van der Waals surface area contributed by atoms with Crippen molar-refractivity contribution in [1.29, 1.82) is 5.26 Å². The van der Waals surface area contributed by atoms with Gasteiger partial charge in [-0.3, -0.25) is 14.7 Å². The lowest BCUT2D eigenvalue weighted by atomic mass is 9.72. The van der Waals surface area contributed by atoms with E-state index in [2.05, 4.69) is 25.6 Å². The van der Waals surface area contributed by atoms with Crippen molar-refractivity contribution in [2.45, 2.75) is 37.8 Å². The highest BCUT2D eigenvalue weighted by Crippen LogP contribution is 2.37. The summed E-state index contributed by atoms with van der Waals surface area (Å²) in [4.78, 5) is 37.5. The number of aliphatic hydroxyl groups is 1. The molecule has 180 valence electrons. The number of hydrogen-bond acceptors (Lipinski definition) is 9. The first kappa shape index (κ1) is 25.1. The van der Waals surface area contributed by atoms with E-state index < -0.39 is 24.6 Å². The zero-order valence-corrected chi connectivity index (χ0v) is 18.7. The highest BCUT2D eigenvalue weighted by Gasteiger charge is 2.42. The molecule has 0 bridgehead atoms. The number of alkyl halides is 2. The van der Waals surface area contributed by atoms with E-state index in [1.165, 1.54) is 30.5 Å². The lowest BCUT2D eigenvalue weighted by Crippen LogP contribution is -2.46. The molecule has 34 heavy (non-hydrogen) atoms. The van der Waals surface area contributed by atoms with Crippen LogP contribution in [0.4, 0.5) is 20.3 Å². The molecule has 10 nitrogen and oxygen atoms in total. The fourth-order valence-corrected chi connectivity index (χ4v) is 3.73. The number of nitrogens with one attached hydrogen (secondary N) is 2. The number of aldehydes is 1. The van der Waals surface area contributed by atoms with E-state index in [0.29, 0.717) is 30.4 Å². The molecule has 0 aliphatic heterocycles. The van der Waals surface area contributed by atoms with Gasteiger partial charge in [-0.1, -0.05) is 0 Å². The minimum absolute atomic E-state index is 0.00750. The van der Waals surface area contributed by atoms with Gasteiger partial charge in [-0.2, -0.15) is 5.26 Å². The van der Waals surface area contributed by atoms with Crippen LogP contribution in [0.5, 0.6) is 0 Å². The third-order valence-corrected chi connectivity index (χ3v) is 5.40. The van der Waals surface area contributed by atoms with E-state index in [9.17, 15) is 28.7 Å². The van der Waals surface area contributed by atoms with Gasteiger partial charge in [0.1, 0.15) is 12.4 Å². The van der Waals surface area contributed by atoms with Crippen molar-refractivity contribution in [3.63, 3.8) is 0 Å². The van der Waals surface area contributed by atoms with Crippen molar-refractivity contribution in [3.8, 4) is 17.3 Å². The molecule has 1 aliphatic rings. The van der Waals surface area contributed by atoms with Crippen LogP contribution in [0.3, 0.4) is 0 Å². The van der Waals surface area contributed by atoms with Crippen molar-refractivity contribution in [3.05, 3.63) is 30.4 Å². The molecule has 1 aliphatic carbocycles. The molecule has 12 heteroatoms. The number of anilines is 2. The minimum atomic E-state index is -2.54. The van der Waals surface area contributed by atoms with Crippen LogP contribution in [0.2, 0.25) is 0 Å². The average molecular weight is 473 g/mol. The zero-order chi connectivity index (χ0) is 24.9. The third kappa shape index (κ3) is 6.49. The Kier molecular flexibility index (Phi) is 7.80. The zero-order valence-electron chi connectivity index (χ0n) is 18.7. The molecule has 0 aromatic carbocycles. The largest absolute Gasteiger partial charge is 0.390 e. The number of halogens is 2. The van der Waals surface area contributed by atoms with E-state index >= 15 is 0 Å². The molecular weight excluding hydrogens is 448 g/mol. The number of nitrogens with zero attached hydrogens (tertiary/aromatic N) is 5. The van der Waals surface area contributed by atoms with Gasteiger partial charge >= 0.3 is 0 Å². The summed E-state index contributed by atoms with van der Waals surface area (Å²) in [5.74, 6) is -0.265. The Morgan fingerprint density at radius 1 is 1.32 bits per heavy atom. The molecule has 0 spiro atoms. The molecule has 1 amide bonds. The van der Waals surface area contributed by atoms with Gasteiger partial charge in [-0.05, 0) is 32.9 Å². The minimum Gasteiger partial charge on any atom is -0.390 e. The van der Waals surface area contributed by atoms with Crippen LogP contribution in [0.15, 0.2) is 24.7 Å². The van der Waals surface area contributed by atoms with Crippen molar-refractivity contribution in [1.82, 2.24) is 19.9 Å². The molecule has 1 atom stereocenters.